The molecule has 0 atom stereocenters. The minimum atomic E-state index is 0. The fraction of sp³-hybridized carbons (Fsp3) is 0.182. The fourth-order valence-electron chi connectivity index (χ4n) is 2.62. The summed E-state index contributed by atoms with van der Waals surface area (Å²) in [4.78, 5) is 4.31. The Morgan fingerprint density at radius 3 is 2.00 bits per heavy atom. The molecule has 0 amide bonds. The van der Waals surface area contributed by atoms with Gasteiger partial charge in [-0.05, 0) is 48.3 Å². The minimum Gasteiger partial charge on any atom is -0.353 e. The summed E-state index contributed by atoms with van der Waals surface area (Å²) in [5, 5.41) is 7.66. The van der Waals surface area contributed by atoms with E-state index in [9.17, 15) is 0 Å². The molecule has 2 N–H and O–H groups in total. The summed E-state index contributed by atoms with van der Waals surface area (Å²) in [6.45, 7) is 5.85. The van der Waals surface area contributed by atoms with E-state index in [2.05, 4.69) is 71.1 Å². The van der Waals surface area contributed by atoms with E-state index in [1.54, 1.807) is 0 Å². The number of nitrogens with zero attached hydrogens (tertiary/aromatic N) is 2. The average molecular weight is 425 g/mol. The molecule has 4 nitrogen and oxygen atoms in total. The van der Waals surface area contributed by atoms with Crippen molar-refractivity contribution < 1.29 is 0 Å². The van der Waals surface area contributed by atoms with Crippen LogP contribution in [0.2, 0.25) is 0 Å². The topological polar surface area (TPSA) is 48.8 Å². The van der Waals surface area contributed by atoms with E-state index in [-0.39, 0.29) is 17.0 Å². The number of rotatable bonds is 5. The number of aryl methyl sites for hydroxylation is 2. The number of halogens is 1. The normalized spacial score (nSPS) is 13.2. The van der Waals surface area contributed by atoms with E-state index in [0.717, 1.165) is 24.8 Å². The smallest absolute Gasteiger partial charge is 0.212 e. The molecule has 0 radical (unpaired) electrons. The molecule has 1 aliphatic heterocycles. The number of hydrogen-bond acceptors (Lipinski definition) is 4. The Morgan fingerprint density at radius 1 is 0.963 bits per heavy atom. The highest BCUT2D eigenvalue weighted by Crippen LogP contribution is 2.11. The lowest BCUT2D eigenvalue weighted by molar-refractivity contribution is 0.918. The summed E-state index contributed by atoms with van der Waals surface area (Å²) in [5.74, 6) is 0.719. The Labute approximate surface area is 171 Å². The quantitative estimate of drug-likeness (QED) is 0.547. The first-order valence-electron chi connectivity index (χ1n) is 8.82. The van der Waals surface area contributed by atoms with Gasteiger partial charge in [0.1, 0.15) is 0 Å². The van der Waals surface area contributed by atoms with Crippen LogP contribution >= 0.6 is 17.0 Å². The molecule has 0 saturated heterocycles. The van der Waals surface area contributed by atoms with Gasteiger partial charge in [-0.1, -0.05) is 60.7 Å². The van der Waals surface area contributed by atoms with Gasteiger partial charge in [0, 0.05) is 6.54 Å². The van der Waals surface area contributed by atoms with Crippen LogP contribution in [0.4, 0.5) is 0 Å². The van der Waals surface area contributed by atoms with Crippen LogP contribution in [0.5, 0.6) is 0 Å². The molecule has 0 bridgehead atoms. The lowest BCUT2D eigenvalue weighted by atomic mass is 10.1. The highest BCUT2D eigenvalue weighted by Gasteiger charge is 2.02. The SMILES string of the molecule is Br.Cc1ccccc1/C=C/C(/C=C/c1ccccc1C)=NNC1=NCCN1. The molecule has 27 heavy (non-hydrogen) atoms. The molecule has 1 heterocycles. The molecule has 3 rings (SSSR count). The van der Waals surface area contributed by atoms with Gasteiger partial charge in [-0.2, -0.15) is 5.10 Å². The summed E-state index contributed by atoms with van der Waals surface area (Å²) in [6, 6.07) is 16.6. The first-order chi connectivity index (χ1) is 12.7. The van der Waals surface area contributed by atoms with Crippen LogP contribution in [0.15, 0.2) is 70.8 Å². The monoisotopic (exact) mass is 424 g/mol. The predicted molar refractivity (Wildman–Crippen MR) is 122 cm³/mol. The van der Waals surface area contributed by atoms with Gasteiger partial charge < -0.3 is 5.32 Å². The Morgan fingerprint density at radius 2 is 1.52 bits per heavy atom. The molecular formula is C22H25BrN4. The van der Waals surface area contributed by atoms with E-state index in [4.69, 9.17) is 0 Å². The summed E-state index contributed by atoms with van der Waals surface area (Å²) >= 11 is 0. The van der Waals surface area contributed by atoms with Crippen molar-refractivity contribution in [3.05, 3.63) is 82.9 Å². The van der Waals surface area contributed by atoms with Crippen molar-refractivity contribution >= 4 is 40.8 Å². The third-order valence-corrected chi connectivity index (χ3v) is 4.21. The zero-order valence-electron chi connectivity index (χ0n) is 15.6. The number of allylic oxidation sites excluding steroid dienone is 2. The minimum absolute atomic E-state index is 0. The van der Waals surface area contributed by atoms with Crippen molar-refractivity contribution in [2.24, 2.45) is 10.1 Å². The number of nitrogens with one attached hydrogen (secondary N) is 2. The van der Waals surface area contributed by atoms with Crippen LogP contribution < -0.4 is 10.7 Å². The van der Waals surface area contributed by atoms with E-state index in [1.165, 1.54) is 22.3 Å². The van der Waals surface area contributed by atoms with Crippen molar-refractivity contribution in [2.45, 2.75) is 13.8 Å². The standard InChI is InChI=1S/C22H24N4.BrH/c1-17-7-3-5-9-19(17)11-13-21(25-26-22-23-15-16-24-22)14-12-20-10-6-4-8-18(20)2;/h3-14H,15-16H2,1-2H3,(H2,23,24,26);1H/b13-11+,14-12+;. The van der Waals surface area contributed by atoms with Gasteiger partial charge in [0.25, 0.3) is 0 Å². The van der Waals surface area contributed by atoms with Gasteiger partial charge in [0.05, 0.1) is 12.3 Å². The van der Waals surface area contributed by atoms with Gasteiger partial charge in [0.2, 0.25) is 5.96 Å². The van der Waals surface area contributed by atoms with Crippen LogP contribution in [0, 0.1) is 13.8 Å². The van der Waals surface area contributed by atoms with E-state index in [0.29, 0.717) is 0 Å². The second kappa shape index (κ2) is 10.5. The van der Waals surface area contributed by atoms with E-state index < -0.39 is 0 Å². The highest BCUT2D eigenvalue weighted by atomic mass is 79.9. The number of benzene rings is 2. The molecule has 2 aromatic rings. The fourth-order valence-corrected chi connectivity index (χ4v) is 2.62. The molecule has 0 aliphatic carbocycles. The molecule has 1 aliphatic rings. The van der Waals surface area contributed by atoms with Gasteiger partial charge in [-0.25, -0.2) is 10.4 Å². The molecule has 2 aromatic carbocycles. The van der Waals surface area contributed by atoms with Crippen LogP contribution in [0.1, 0.15) is 22.3 Å². The average Bonchev–Trinajstić information content (AvgIpc) is 3.17. The lowest BCUT2D eigenvalue weighted by Crippen LogP contribution is -2.30. The van der Waals surface area contributed by atoms with Crippen LogP contribution in [0.25, 0.3) is 12.2 Å². The van der Waals surface area contributed by atoms with Crippen molar-refractivity contribution in [3.63, 3.8) is 0 Å². The number of guanidine groups is 1. The third-order valence-electron chi connectivity index (χ3n) is 4.21. The first kappa shape index (κ1) is 20.6. The molecule has 0 saturated carbocycles. The van der Waals surface area contributed by atoms with E-state index in [1.807, 2.05) is 36.4 Å². The summed E-state index contributed by atoms with van der Waals surface area (Å²) < 4.78 is 0. The Hall–Kier alpha value is -2.66. The molecule has 0 fully saturated rings. The van der Waals surface area contributed by atoms with Crippen molar-refractivity contribution in [3.8, 4) is 0 Å². The predicted octanol–water partition coefficient (Wildman–Crippen LogP) is 4.51. The van der Waals surface area contributed by atoms with Crippen molar-refractivity contribution in [1.82, 2.24) is 10.7 Å². The summed E-state index contributed by atoms with van der Waals surface area (Å²) in [5.41, 5.74) is 8.67. The maximum atomic E-state index is 4.49. The second-order valence-electron chi connectivity index (χ2n) is 6.19. The highest BCUT2D eigenvalue weighted by molar-refractivity contribution is 8.93. The molecular weight excluding hydrogens is 400 g/mol. The van der Waals surface area contributed by atoms with Crippen molar-refractivity contribution in [2.75, 3.05) is 13.1 Å². The summed E-state index contributed by atoms with van der Waals surface area (Å²) in [7, 11) is 0. The zero-order valence-corrected chi connectivity index (χ0v) is 17.4. The van der Waals surface area contributed by atoms with Crippen LogP contribution in [-0.4, -0.2) is 24.8 Å². The second-order valence-corrected chi connectivity index (χ2v) is 6.19. The maximum Gasteiger partial charge on any atom is 0.212 e. The number of hydrogen-bond donors (Lipinski definition) is 2. The zero-order chi connectivity index (χ0) is 18.2. The molecule has 5 heteroatoms. The molecule has 0 unspecified atom stereocenters. The Balaban J connectivity index is 0.00000261. The van der Waals surface area contributed by atoms with Crippen LogP contribution in [-0.2, 0) is 0 Å². The Bertz CT molecular complexity index is 824. The van der Waals surface area contributed by atoms with Gasteiger partial charge in [-0.3, -0.25) is 0 Å². The first-order valence-corrected chi connectivity index (χ1v) is 8.82. The lowest BCUT2D eigenvalue weighted by Gasteiger charge is -2.03. The maximum absolute atomic E-state index is 4.49. The molecule has 140 valence electrons. The van der Waals surface area contributed by atoms with Crippen molar-refractivity contribution in [1.29, 1.82) is 0 Å². The van der Waals surface area contributed by atoms with Gasteiger partial charge >= 0.3 is 0 Å². The largest absolute Gasteiger partial charge is 0.353 e. The van der Waals surface area contributed by atoms with Gasteiger partial charge in [0.15, 0.2) is 0 Å². The molecule has 0 aromatic heterocycles. The van der Waals surface area contributed by atoms with E-state index >= 15 is 0 Å². The number of aliphatic imine (C=N–C) groups is 1. The Kier molecular flexibility index (Phi) is 8.01. The third kappa shape index (κ3) is 6.22. The number of hydrazone groups is 1. The van der Waals surface area contributed by atoms with Gasteiger partial charge in [-0.15, -0.1) is 17.0 Å². The van der Waals surface area contributed by atoms with Crippen LogP contribution in [0.3, 0.4) is 0 Å². The molecule has 0 spiro atoms. The summed E-state index contributed by atoms with van der Waals surface area (Å²) in [6.07, 6.45) is 8.20.